The number of benzene rings is 2. The minimum absolute atomic E-state index is 0.0941. The Labute approximate surface area is 235 Å². The number of ether oxygens (including phenoxy) is 2. The van der Waals surface area contributed by atoms with Crippen LogP contribution < -0.4 is 5.43 Å². The normalized spacial score (nSPS) is 33.6. The van der Waals surface area contributed by atoms with Crippen LogP contribution in [0.4, 0.5) is 0 Å². The Bertz CT molecular complexity index is 1500. The molecule has 15 heteroatoms. The maximum absolute atomic E-state index is 13.5. The summed E-state index contributed by atoms with van der Waals surface area (Å²) in [4.78, 5) is 13.5. The van der Waals surface area contributed by atoms with E-state index in [1.807, 2.05) is 0 Å². The van der Waals surface area contributed by atoms with Crippen LogP contribution in [0.3, 0.4) is 0 Å². The molecular formula is C27H30O15. The van der Waals surface area contributed by atoms with Crippen molar-refractivity contribution in [2.75, 3.05) is 13.2 Å². The van der Waals surface area contributed by atoms with Crippen LogP contribution in [0.2, 0.25) is 0 Å². The van der Waals surface area contributed by atoms with E-state index in [2.05, 4.69) is 0 Å². The molecule has 11 N–H and O–H groups in total. The van der Waals surface area contributed by atoms with Gasteiger partial charge >= 0.3 is 0 Å². The Hall–Kier alpha value is -3.35. The molecule has 10 atom stereocenters. The molecule has 0 saturated carbocycles. The van der Waals surface area contributed by atoms with Gasteiger partial charge in [-0.3, -0.25) is 4.79 Å². The highest BCUT2D eigenvalue weighted by Crippen LogP contribution is 2.51. The number of rotatable bonds is 5. The zero-order valence-electron chi connectivity index (χ0n) is 21.6. The number of aliphatic hydroxyl groups excluding tert-OH is 8. The van der Waals surface area contributed by atoms with Crippen molar-refractivity contribution in [1.29, 1.82) is 0 Å². The molecule has 228 valence electrons. The zero-order valence-corrected chi connectivity index (χ0v) is 21.6. The molecule has 0 radical (unpaired) electrons. The van der Waals surface area contributed by atoms with E-state index in [-0.39, 0.29) is 17.1 Å². The molecule has 0 bridgehead atoms. The van der Waals surface area contributed by atoms with E-state index < -0.39 is 113 Å². The first kappa shape index (κ1) is 30.1. The lowest BCUT2D eigenvalue weighted by Crippen LogP contribution is -2.55. The van der Waals surface area contributed by atoms with Crippen LogP contribution in [0.5, 0.6) is 17.2 Å². The van der Waals surface area contributed by atoms with Crippen LogP contribution in [0.25, 0.3) is 22.3 Å². The van der Waals surface area contributed by atoms with Crippen LogP contribution in [-0.4, -0.2) is 118 Å². The van der Waals surface area contributed by atoms with Gasteiger partial charge in [-0.2, -0.15) is 0 Å². The number of aliphatic hydroxyl groups is 8. The second-order valence-corrected chi connectivity index (χ2v) is 10.2. The van der Waals surface area contributed by atoms with Crippen LogP contribution in [0.15, 0.2) is 39.5 Å². The number of hydrogen-bond donors (Lipinski definition) is 11. The summed E-state index contributed by atoms with van der Waals surface area (Å²) in [5, 5.41) is 114. The van der Waals surface area contributed by atoms with E-state index in [9.17, 15) is 61.0 Å². The van der Waals surface area contributed by atoms with E-state index >= 15 is 0 Å². The van der Waals surface area contributed by atoms with E-state index in [1.165, 1.54) is 24.3 Å². The molecule has 2 fully saturated rings. The lowest BCUT2D eigenvalue weighted by Gasteiger charge is -2.42. The summed E-state index contributed by atoms with van der Waals surface area (Å²) in [6, 6.07) is 6.37. The Kier molecular flexibility index (Phi) is 8.16. The van der Waals surface area contributed by atoms with Crippen LogP contribution in [0.1, 0.15) is 23.3 Å². The number of phenolic OH excluding ortho intramolecular Hbond substituents is 3. The monoisotopic (exact) mass is 594 g/mol. The van der Waals surface area contributed by atoms with Gasteiger partial charge < -0.3 is 70.1 Å². The van der Waals surface area contributed by atoms with Crippen molar-refractivity contribution in [2.45, 2.75) is 61.0 Å². The molecule has 3 heterocycles. The molecule has 42 heavy (non-hydrogen) atoms. The van der Waals surface area contributed by atoms with Crippen molar-refractivity contribution in [2.24, 2.45) is 0 Å². The fourth-order valence-electron chi connectivity index (χ4n) is 5.39. The predicted octanol–water partition coefficient (Wildman–Crippen LogP) is -2.39. The SMILES string of the molecule is O=c1cc(-c2ccc(O)cc2)oc2c([C@@H]3OC(CO)[C@H](O)[C@H](O)C3O)c(O)c([C@@H]3OC(CO)[C@H](O)[C@H](O)C3O)c(O)c12. The summed E-state index contributed by atoms with van der Waals surface area (Å²) in [5.74, 6) is -2.20. The molecule has 1 aromatic heterocycles. The quantitative estimate of drug-likeness (QED) is 0.147. The summed E-state index contributed by atoms with van der Waals surface area (Å²) in [5.41, 5.74) is -2.48. The average Bonchev–Trinajstić information content (AvgIpc) is 2.97. The molecule has 15 nitrogen and oxygen atoms in total. The highest BCUT2D eigenvalue weighted by molar-refractivity contribution is 5.92. The van der Waals surface area contributed by atoms with Crippen LogP contribution in [-0.2, 0) is 9.47 Å². The smallest absolute Gasteiger partial charge is 0.197 e. The zero-order chi connectivity index (χ0) is 30.6. The highest BCUT2D eigenvalue weighted by Gasteiger charge is 2.50. The summed E-state index contributed by atoms with van der Waals surface area (Å²) < 4.78 is 17.0. The Morgan fingerprint density at radius 3 is 1.64 bits per heavy atom. The first-order valence-electron chi connectivity index (χ1n) is 12.9. The van der Waals surface area contributed by atoms with Gasteiger partial charge in [-0.1, -0.05) is 0 Å². The molecule has 2 aliphatic rings. The van der Waals surface area contributed by atoms with Gasteiger partial charge in [-0.05, 0) is 24.3 Å². The van der Waals surface area contributed by atoms with Crippen molar-refractivity contribution in [3.8, 4) is 28.6 Å². The lowest BCUT2D eigenvalue weighted by molar-refractivity contribution is -0.234. The van der Waals surface area contributed by atoms with Gasteiger partial charge in [0.15, 0.2) is 11.0 Å². The third-order valence-corrected chi connectivity index (χ3v) is 7.70. The highest BCUT2D eigenvalue weighted by atomic mass is 16.6. The van der Waals surface area contributed by atoms with Crippen LogP contribution >= 0.6 is 0 Å². The Morgan fingerprint density at radius 1 is 0.643 bits per heavy atom. The largest absolute Gasteiger partial charge is 0.508 e. The van der Waals surface area contributed by atoms with Gasteiger partial charge in [0.25, 0.3) is 0 Å². The maximum Gasteiger partial charge on any atom is 0.197 e. The van der Waals surface area contributed by atoms with Crippen molar-refractivity contribution in [3.05, 3.63) is 51.7 Å². The Balaban J connectivity index is 1.82. The lowest BCUT2D eigenvalue weighted by atomic mass is 9.85. The molecule has 2 aliphatic heterocycles. The van der Waals surface area contributed by atoms with Crippen molar-refractivity contribution < 1.29 is 70.1 Å². The first-order valence-corrected chi connectivity index (χ1v) is 12.9. The fraction of sp³-hybridized carbons (Fsp3) is 0.444. The summed E-state index contributed by atoms with van der Waals surface area (Å²) >= 11 is 0. The average molecular weight is 595 g/mol. The van der Waals surface area contributed by atoms with Gasteiger partial charge in [0.2, 0.25) is 0 Å². The first-order chi connectivity index (χ1) is 19.9. The fourth-order valence-corrected chi connectivity index (χ4v) is 5.39. The van der Waals surface area contributed by atoms with Gasteiger partial charge in [0, 0.05) is 11.6 Å². The summed E-state index contributed by atoms with van der Waals surface area (Å²) in [7, 11) is 0. The predicted molar refractivity (Wildman–Crippen MR) is 138 cm³/mol. The van der Waals surface area contributed by atoms with Crippen molar-refractivity contribution in [3.63, 3.8) is 0 Å². The Morgan fingerprint density at radius 2 is 1.14 bits per heavy atom. The molecule has 2 saturated heterocycles. The third kappa shape index (κ3) is 4.79. The third-order valence-electron chi connectivity index (χ3n) is 7.70. The molecule has 4 unspecified atom stereocenters. The molecular weight excluding hydrogens is 564 g/mol. The molecule has 0 amide bonds. The van der Waals surface area contributed by atoms with E-state index in [1.54, 1.807) is 0 Å². The van der Waals surface area contributed by atoms with Gasteiger partial charge in [-0.15, -0.1) is 0 Å². The minimum Gasteiger partial charge on any atom is -0.508 e. The maximum atomic E-state index is 13.5. The topological polar surface area (TPSA) is 271 Å². The molecule has 0 aliphatic carbocycles. The second-order valence-electron chi connectivity index (χ2n) is 10.2. The number of fused-ring (bicyclic) bond motifs is 1. The van der Waals surface area contributed by atoms with Crippen LogP contribution in [0, 0.1) is 0 Å². The van der Waals surface area contributed by atoms with E-state index in [0.29, 0.717) is 0 Å². The number of hydrogen-bond acceptors (Lipinski definition) is 15. The van der Waals surface area contributed by atoms with Gasteiger partial charge in [0.1, 0.15) is 89.4 Å². The standard InChI is InChI=1S/C27H30O15/c28-6-12-17(32)21(36)23(38)26(41-12)15-19(34)14-10(31)5-11(8-1-3-9(30)4-2-8)40-25(14)16(20(15)35)27-24(39)22(37)18(33)13(7-29)42-27/h1-5,12-13,17-18,21-24,26-30,32-39H,6-7H2/t12?,13?,17-,18-,21-,22-,23?,24?,26-,27-/m0/s1. The van der Waals surface area contributed by atoms with Crippen molar-refractivity contribution in [1.82, 2.24) is 0 Å². The van der Waals surface area contributed by atoms with Crippen molar-refractivity contribution >= 4 is 11.0 Å². The summed E-state index contributed by atoms with van der Waals surface area (Å²) in [6.45, 7) is -1.70. The molecule has 5 rings (SSSR count). The molecule has 2 aromatic carbocycles. The van der Waals surface area contributed by atoms with E-state index in [0.717, 1.165) is 6.07 Å². The number of phenols is 3. The van der Waals surface area contributed by atoms with E-state index in [4.69, 9.17) is 13.9 Å². The second kappa shape index (κ2) is 11.4. The minimum atomic E-state index is -2.02. The number of aromatic hydroxyl groups is 3. The summed E-state index contributed by atoms with van der Waals surface area (Å²) in [6.07, 6.45) is -18.2. The van der Waals surface area contributed by atoms with Gasteiger partial charge in [0.05, 0.1) is 24.3 Å². The van der Waals surface area contributed by atoms with Gasteiger partial charge in [-0.25, -0.2) is 0 Å². The molecule has 3 aromatic rings. The molecule has 0 spiro atoms.